The summed E-state index contributed by atoms with van der Waals surface area (Å²) >= 11 is 8.02. The van der Waals surface area contributed by atoms with Crippen molar-refractivity contribution < 1.29 is 17.6 Å². The minimum atomic E-state index is -1.54. The van der Waals surface area contributed by atoms with Gasteiger partial charge in [-0.15, -0.1) is 0 Å². The molecule has 0 atom stereocenters. The molecule has 0 aliphatic rings. The van der Waals surface area contributed by atoms with E-state index in [0.29, 0.717) is 4.47 Å². The van der Waals surface area contributed by atoms with Gasteiger partial charge in [0.15, 0.2) is 23.3 Å². The Bertz CT molecular complexity index is 710. The number of halogens is 5. The number of hydrogen-bond acceptors (Lipinski definition) is 2. The van der Waals surface area contributed by atoms with E-state index in [1.807, 2.05) is 0 Å². The summed E-state index contributed by atoms with van der Waals surface area (Å²) in [5, 5.41) is 2.28. The number of nitrogens with two attached hydrogens (primary N) is 1. The van der Waals surface area contributed by atoms with Gasteiger partial charge < -0.3 is 11.1 Å². The molecule has 0 saturated carbocycles. The molecule has 0 radical (unpaired) electrons. The first kappa shape index (κ1) is 15.7. The number of benzene rings is 2. The van der Waals surface area contributed by atoms with Crippen LogP contribution in [0.1, 0.15) is 5.56 Å². The van der Waals surface area contributed by atoms with Crippen molar-refractivity contribution in [1.82, 2.24) is 0 Å². The Balaban J connectivity index is 2.56. The van der Waals surface area contributed by atoms with Gasteiger partial charge in [-0.25, -0.2) is 17.6 Å². The van der Waals surface area contributed by atoms with E-state index in [4.69, 9.17) is 18.0 Å². The van der Waals surface area contributed by atoms with Gasteiger partial charge in [-0.3, -0.25) is 0 Å². The van der Waals surface area contributed by atoms with Crippen molar-refractivity contribution >= 4 is 44.5 Å². The van der Waals surface area contributed by atoms with Crippen LogP contribution in [-0.4, -0.2) is 4.99 Å². The van der Waals surface area contributed by atoms with Crippen LogP contribution in [0.5, 0.6) is 0 Å². The Hall–Kier alpha value is -1.67. The molecule has 0 fully saturated rings. The second kappa shape index (κ2) is 5.98. The third-order valence-corrected chi connectivity index (χ3v) is 3.33. The first-order valence-corrected chi connectivity index (χ1v) is 6.70. The Labute approximate surface area is 131 Å². The molecule has 3 N–H and O–H groups in total. The van der Waals surface area contributed by atoms with E-state index < -0.39 is 29.0 Å². The highest BCUT2D eigenvalue weighted by atomic mass is 79.9. The van der Waals surface area contributed by atoms with Crippen LogP contribution in [0.3, 0.4) is 0 Å². The van der Waals surface area contributed by atoms with E-state index in [1.165, 1.54) is 12.1 Å². The number of thiocarbonyl (C=S) groups is 1. The van der Waals surface area contributed by atoms with Crippen molar-refractivity contribution in [3.8, 4) is 0 Å². The average Bonchev–Trinajstić information content (AvgIpc) is 2.42. The molecule has 0 heterocycles. The fourth-order valence-electron chi connectivity index (χ4n) is 1.65. The summed E-state index contributed by atoms with van der Waals surface area (Å²) in [5.41, 5.74) is 4.94. The maximum atomic E-state index is 13.6. The molecule has 21 heavy (non-hydrogen) atoms. The zero-order chi connectivity index (χ0) is 15.7. The predicted molar refractivity (Wildman–Crippen MR) is 79.6 cm³/mol. The monoisotopic (exact) mass is 378 g/mol. The lowest BCUT2D eigenvalue weighted by molar-refractivity contribution is 0.459. The van der Waals surface area contributed by atoms with Gasteiger partial charge in [0, 0.05) is 21.8 Å². The van der Waals surface area contributed by atoms with Crippen molar-refractivity contribution in [2.45, 2.75) is 0 Å². The van der Waals surface area contributed by atoms with Gasteiger partial charge in [-0.1, -0.05) is 28.1 Å². The van der Waals surface area contributed by atoms with E-state index in [1.54, 1.807) is 6.07 Å². The Kier molecular flexibility index (Phi) is 4.48. The maximum absolute atomic E-state index is 13.6. The molecule has 2 rings (SSSR count). The van der Waals surface area contributed by atoms with Gasteiger partial charge >= 0.3 is 0 Å². The molecule has 0 aromatic heterocycles. The fraction of sp³-hybridized carbons (Fsp3) is 0. The van der Waals surface area contributed by atoms with Crippen LogP contribution >= 0.6 is 28.1 Å². The lowest BCUT2D eigenvalue weighted by atomic mass is 10.1. The smallest absolute Gasteiger partial charge is 0.185 e. The van der Waals surface area contributed by atoms with Gasteiger partial charge in [-0.05, 0) is 18.2 Å². The van der Waals surface area contributed by atoms with Crippen LogP contribution in [-0.2, 0) is 0 Å². The van der Waals surface area contributed by atoms with Crippen LogP contribution < -0.4 is 11.1 Å². The molecule has 0 bridgehead atoms. The molecule has 0 unspecified atom stereocenters. The summed E-state index contributed by atoms with van der Waals surface area (Å²) in [6.45, 7) is 0. The van der Waals surface area contributed by atoms with Crippen molar-refractivity contribution in [2.24, 2.45) is 5.73 Å². The minimum absolute atomic E-state index is 0.0449. The number of hydrogen-bond donors (Lipinski definition) is 2. The number of anilines is 2. The molecule has 2 nitrogen and oxygen atoms in total. The highest BCUT2D eigenvalue weighted by molar-refractivity contribution is 9.10. The SMILES string of the molecule is NC(=S)c1cc(Br)ccc1Nc1c(F)c(F)cc(F)c1F. The normalized spacial score (nSPS) is 10.5. The van der Waals surface area contributed by atoms with E-state index >= 15 is 0 Å². The minimum Gasteiger partial charge on any atom is -0.389 e. The fourth-order valence-corrected chi connectivity index (χ4v) is 2.18. The quantitative estimate of drug-likeness (QED) is 0.472. The lowest BCUT2D eigenvalue weighted by Crippen LogP contribution is -2.13. The van der Waals surface area contributed by atoms with Crippen molar-refractivity contribution in [1.29, 1.82) is 0 Å². The van der Waals surface area contributed by atoms with Crippen LogP contribution in [0.4, 0.5) is 28.9 Å². The standard InChI is InChI=1S/C13H7BrF4N2S/c14-5-1-2-9(6(3-5)13(19)21)20-12-10(17)7(15)4-8(16)11(12)18/h1-4,20H,(H2,19,21). The van der Waals surface area contributed by atoms with E-state index in [2.05, 4.69) is 21.2 Å². The van der Waals surface area contributed by atoms with Gasteiger partial charge in [0.25, 0.3) is 0 Å². The van der Waals surface area contributed by atoms with Crippen LogP contribution in [0.2, 0.25) is 0 Å². The molecule has 110 valence electrons. The first-order valence-electron chi connectivity index (χ1n) is 5.50. The highest BCUT2D eigenvalue weighted by Crippen LogP contribution is 2.30. The third kappa shape index (κ3) is 3.16. The Morgan fingerprint density at radius 1 is 1.05 bits per heavy atom. The average molecular weight is 379 g/mol. The van der Waals surface area contributed by atoms with Crippen LogP contribution in [0.15, 0.2) is 28.7 Å². The molecule has 0 saturated heterocycles. The summed E-state index contributed by atoms with van der Waals surface area (Å²) in [4.78, 5) is -0.0449. The summed E-state index contributed by atoms with van der Waals surface area (Å²) in [6, 6.07) is 4.61. The zero-order valence-corrected chi connectivity index (χ0v) is 12.6. The summed E-state index contributed by atoms with van der Waals surface area (Å²) < 4.78 is 54.2. The summed E-state index contributed by atoms with van der Waals surface area (Å²) in [5.74, 6) is -6.09. The van der Waals surface area contributed by atoms with Gasteiger partial charge in [0.05, 0.1) is 0 Å². The molecule has 2 aromatic carbocycles. The molecule has 0 spiro atoms. The zero-order valence-electron chi connectivity index (χ0n) is 10.2. The van der Waals surface area contributed by atoms with Crippen LogP contribution in [0, 0.1) is 23.3 Å². The lowest BCUT2D eigenvalue weighted by Gasteiger charge is -2.13. The predicted octanol–water partition coefficient (Wildman–Crippen LogP) is 4.38. The van der Waals surface area contributed by atoms with Crippen molar-refractivity contribution in [3.63, 3.8) is 0 Å². The molecular weight excluding hydrogens is 372 g/mol. The highest BCUT2D eigenvalue weighted by Gasteiger charge is 2.20. The molecule has 0 aliphatic heterocycles. The van der Waals surface area contributed by atoms with Gasteiger partial charge in [-0.2, -0.15) is 0 Å². The molecule has 2 aromatic rings. The number of rotatable bonds is 3. The number of nitrogens with one attached hydrogen (secondary N) is 1. The van der Waals surface area contributed by atoms with Gasteiger partial charge in [0.2, 0.25) is 0 Å². The first-order chi connectivity index (χ1) is 9.81. The molecule has 8 heteroatoms. The van der Waals surface area contributed by atoms with Crippen molar-refractivity contribution in [3.05, 3.63) is 57.6 Å². The van der Waals surface area contributed by atoms with Gasteiger partial charge in [0.1, 0.15) is 10.7 Å². The summed E-state index contributed by atoms with van der Waals surface area (Å²) in [6.07, 6.45) is 0. The molecular formula is C13H7BrF4N2S. The molecule has 0 aliphatic carbocycles. The van der Waals surface area contributed by atoms with E-state index in [-0.39, 0.29) is 22.3 Å². The second-order valence-corrected chi connectivity index (χ2v) is 5.38. The van der Waals surface area contributed by atoms with E-state index in [0.717, 1.165) is 0 Å². The third-order valence-electron chi connectivity index (χ3n) is 2.62. The largest absolute Gasteiger partial charge is 0.389 e. The maximum Gasteiger partial charge on any atom is 0.185 e. The second-order valence-electron chi connectivity index (χ2n) is 4.02. The van der Waals surface area contributed by atoms with Crippen LogP contribution in [0.25, 0.3) is 0 Å². The Morgan fingerprint density at radius 3 is 2.14 bits per heavy atom. The Morgan fingerprint density at radius 2 is 1.62 bits per heavy atom. The van der Waals surface area contributed by atoms with Crippen molar-refractivity contribution in [2.75, 3.05) is 5.32 Å². The summed E-state index contributed by atoms with van der Waals surface area (Å²) in [7, 11) is 0. The molecule has 0 amide bonds. The topological polar surface area (TPSA) is 38.0 Å². The van der Waals surface area contributed by atoms with E-state index in [9.17, 15) is 17.6 Å².